The molecule has 4 heteroatoms. The Labute approximate surface area is 117 Å². The minimum absolute atomic E-state index is 0.0223. The summed E-state index contributed by atoms with van der Waals surface area (Å²) in [6, 6.07) is 8.29. The van der Waals surface area contributed by atoms with E-state index in [0.29, 0.717) is 6.42 Å². The highest BCUT2D eigenvalue weighted by Crippen LogP contribution is 2.41. The molecule has 1 aromatic carbocycles. The van der Waals surface area contributed by atoms with Gasteiger partial charge in [-0.1, -0.05) is 32.0 Å². The second kappa shape index (κ2) is 4.53. The molecule has 19 heavy (non-hydrogen) atoms. The number of thioether (sulfide) groups is 1. The first-order valence-corrected chi connectivity index (χ1v) is 7.59. The number of aliphatic hydroxyl groups excluding tert-OH is 1. The average molecular weight is 277 g/mol. The Balaban J connectivity index is 1.62. The van der Waals surface area contributed by atoms with Gasteiger partial charge in [-0.3, -0.25) is 4.79 Å². The van der Waals surface area contributed by atoms with E-state index in [9.17, 15) is 9.90 Å². The molecule has 0 saturated heterocycles. The van der Waals surface area contributed by atoms with Crippen LogP contribution in [0.15, 0.2) is 29.2 Å². The lowest BCUT2D eigenvalue weighted by atomic mass is 9.64. The fourth-order valence-corrected chi connectivity index (χ4v) is 3.94. The predicted molar refractivity (Wildman–Crippen MR) is 76.1 cm³/mol. The molecule has 2 aliphatic rings. The van der Waals surface area contributed by atoms with Gasteiger partial charge in [-0.2, -0.15) is 0 Å². The summed E-state index contributed by atoms with van der Waals surface area (Å²) in [7, 11) is 0. The van der Waals surface area contributed by atoms with E-state index in [-0.39, 0.29) is 28.7 Å². The quantitative estimate of drug-likeness (QED) is 0.869. The zero-order valence-corrected chi connectivity index (χ0v) is 12.0. The number of carbonyl (C=O) groups is 1. The van der Waals surface area contributed by atoms with Gasteiger partial charge in [0.2, 0.25) is 5.91 Å². The molecule has 1 amide bonds. The molecule has 1 aromatic rings. The second-order valence-corrected chi connectivity index (χ2v) is 7.30. The van der Waals surface area contributed by atoms with E-state index >= 15 is 0 Å². The topological polar surface area (TPSA) is 49.3 Å². The molecular weight excluding hydrogens is 258 g/mol. The molecule has 3 atom stereocenters. The maximum atomic E-state index is 12.3. The third-order valence-corrected chi connectivity index (χ3v) is 5.79. The van der Waals surface area contributed by atoms with E-state index in [1.807, 2.05) is 26.0 Å². The standard InChI is InChI=1S/C15H19NO2S/c1-15(2)12(8-13(15)17)16-14(18)11-7-9-5-3-4-6-10(9)19-11/h3-6,11-13,17H,7-8H2,1-2H3,(H,16,18). The van der Waals surface area contributed by atoms with Gasteiger partial charge in [0.25, 0.3) is 0 Å². The summed E-state index contributed by atoms with van der Waals surface area (Å²) in [5.74, 6) is 0.103. The third-order valence-electron chi connectivity index (χ3n) is 4.47. The lowest BCUT2D eigenvalue weighted by Crippen LogP contribution is -2.62. The Morgan fingerprint density at radius 3 is 2.79 bits per heavy atom. The largest absolute Gasteiger partial charge is 0.392 e. The molecule has 0 spiro atoms. The smallest absolute Gasteiger partial charge is 0.234 e. The Morgan fingerprint density at radius 2 is 2.16 bits per heavy atom. The van der Waals surface area contributed by atoms with Crippen molar-refractivity contribution in [2.75, 3.05) is 0 Å². The molecule has 102 valence electrons. The highest BCUT2D eigenvalue weighted by atomic mass is 32.2. The SMILES string of the molecule is CC1(C)C(O)CC1NC(=O)C1Cc2ccccc2S1. The molecule has 0 aromatic heterocycles. The van der Waals surface area contributed by atoms with Crippen molar-refractivity contribution >= 4 is 17.7 Å². The number of fused-ring (bicyclic) bond motifs is 1. The summed E-state index contributed by atoms with van der Waals surface area (Å²) in [4.78, 5) is 13.5. The van der Waals surface area contributed by atoms with Gasteiger partial charge in [0, 0.05) is 16.4 Å². The molecule has 3 nitrogen and oxygen atoms in total. The Morgan fingerprint density at radius 1 is 1.42 bits per heavy atom. The normalized spacial score (nSPS) is 31.4. The summed E-state index contributed by atoms with van der Waals surface area (Å²) >= 11 is 1.65. The maximum absolute atomic E-state index is 12.3. The van der Waals surface area contributed by atoms with Crippen LogP contribution in [0.3, 0.4) is 0 Å². The van der Waals surface area contributed by atoms with Crippen molar-refractivity contribution in [1.29, 1.82) is 0 Å². The number of nitrogens with one attached hydrogen (secondary N) is 1. The number of hydrogen-bond donors (Lipinski definition) is 2. The van der Waals surface area contributed by atoms with Crippen LogP contribution in [0.2, 0.25) is 0 Å². The highest BCUT2D eigenvalue weighted by molar-refractivity contribution is 8.01. The molecule has 3 rings (SSSR count). The minimum atomic E-state index is -0.300. The molecule has 1 fully saturated rings. The summed E-state index contributed by atoms with van der Waals surface area (Å²) in [6.07, 6.45) is 1.18. The number of rotatable bonds is 2. The van der Waals surface area contributed by atoms with Crippen LogP contribution in [0.5, 0.6) is 0 Å². The molecule has 1 aliphatic heterocycles. The summed E-state index contributed by atoms with van der Waals surface area (Å²) < 4.78 is 0. The van der Waals surface area contributed by atoms with Crippen LogP contribution in [0.25, 0.3) is 0 Å². The number of benzene rings is 1. The summed E-state index contributed by atoms with van der Waals surface area (Å²) in [5.41, 5.74) is 1.06. The molecule has 3 unspecified atom stereocenters. The van der Waals surface area contributed by atoms with Gasteiger partial charge in [0.05, 0.1) is 11.4 Å². The highest BCUT2D eigenvalue weighted by Gasteiger charge is 2.48. The molecule has 0 radical (unpaired) electrons. The Bertz CT molecular complexity index is 490. The van der Waals surface area contributed by atoms with Crippen LogP contribution in [0.1, 0.15) is 25.8 Å². The lowest BCUT2D eigenvalue weighted by Gasteiger charge is -2.49. The van der Waals surface area contributed by atoms with Gasteiger partial charge in [-0.25, -0.2) is 0 Å². The number of carbonyl (C=O) groups excluding carboxylic acids is 1. The van der Waals surface area contributed by atoms with Crippen molar-refractivity contribution in [3.63, 3.8) is 0 Å². The van der Waals surface area contributed by atoms with Crippen molar-refractivity contribution in [2.45, 2.75) is 49.0 Å². The van der Waals surface area contributed by atoms with E-state index in [2.05, 4.69) is 17.4 Å². The van der Waals surface area contributed by atoms with Crippen LogP contribution in [-0.4, -0.2) is 28.4 Å². The third kappa shape index (κ3) is 2.17. The zero-order valence-electron chi connectivity index (χ0n) is 11.2. The fraction of sp³-hybridized carbons (Fsp3) is 0.533. The van der Waals surface area contributed by atoms with Crippen molar-refractivity contribution in [3.8, 4) is 0 Å². The van der Waals surface area contributed by atoms with Crippen molar-refractivity contribution in [1.82, 2.24) is 5.32 Å². The molecular formula is C15H19NO2S. The van der Waals surface area contributed by atoms with Crippen LogP contribution in [-0.2, 0) is 11.2 Å². The lowest BCUT2D eigenvalue weighted by molar-refractivity contribution is -0.128. The first-order chi connectivity index (χ1) is 8.98. The van der Waals surface area contributed by atoms with E-state index in [1.54, 1.807) is 11.8 Å². The van der Waals surface area contributed by atoms with Gasteiger partial charge in [0.15, 0.2) is 0 Å². The van der Waals surface area contributed by atoms with Crippen molar-refractivity contribution in [3.05, 3.63) is 29.8 Å². The monoisotopic (exact) mass is 277 g/mol. The first kappa shape index (κ1) is 13.0. The fourth-order valence-electron chi connectivity index (χ4n) is 2.74. The number of aliphatic hydroxyl groups is 1. The Kier molecular flexibility index (Phi) is 3.10. The van der Waals surface area contributed by atoms with Gasteiger partial charge < -0.3 is 10.4 Å². The van der Waals surface area contributed by atoms with E-state index < -0.39 is 0 Å². The molecule has 1 saturated carbocycles. The second-order valence-electron chi connectivity index (χ2n) is 6.05. The van der Waals surface area contributed by atoms with Crippen LogP contribution < -0.4 is 5.32 Å². The van der Waals surface area contributed by atoms with Gasteiger partial charge in [-0.15, -0.1) is 11.8 Å². The molecule has 0 bridgehead atoms. The van der Waals surface area contributed by atoms with E-state index in [1.165, 1.54) is 10.5 Å². The zero-order chi connectivity index (χ0) is 13.6. The van der Waals surface area contributed by atoms with Crippen molar-refractivity contribution in [2.24, 2.45) is 5.41 Å². The van der Waals surface area contributed by atoms with Gasteiger partial charge in [0.1, 0.15) is 0 Å². The van der Waals surface area contributed by atoms with Crippen LogP contribution >= 0.6 is 11.8 Å². The number of hydrogen-bond acceptors (Lipinski definition) is 3. The Hall–Kier alpha value is -1.00. The average Bonchev–Trinajstić information content (AvgIpc) is 2.82. The molecule has 2 N–H and O–H groups in total. The first-order valence-electron chi connectivity index (χ1n) is 6.71. The molecule has 1 heterocycles. The van der Waals surface area contributed by atoms with Gasteiger partial charge >= 0.3 is 0 Å². The van der Waals surface area contributed by atoms with Gasteiger partial charge in [-0.05, 0) is 24.5 Å². The molecule has 1 aliphatic carbocycles. The van der Waals surface area contributed by atoms with Crippen LogP contribution in [0.4, 0.5) is 0 Å². The van der Waals surface area contributed by atoms with Crippen LogP contribution in [0, 0.1) is 5.41 Å². The van der Waals surface area contributed by atoms with E-state index in [0.717, 1.165) is 6.42 Å². The maximum Gasteiger partial charge on any atom is 0.234 e. The predicted octanol–water partition coefficient (Wildman–Crippen LogP) is 1.98. The summed E-state index contributed by atoms with van der Waals surface area (Å²) in [6.45, 7) is 4.01. The van der Waals surface area contributed by atoms with E-state index in [4.69, 9.17) is 0 Å². The minimum Gasteiger partial charge on any atom is -0.392 e. The summed E-state index contributed by atoms with van der Waals surface area (Å²) in [5, 5.41) is 12.8. The number of amides is 1. The van der Waals surface area contributed by atoms with Crippen molar-refractivity contribution < 1.29 is 9.90 Å².